The van der Waals surface area contributed by atoms with Gasteiger partial charge in [0.2, 0.25) is 0 Å². The highest BCUT2D eigenvalue weighted by Crippen LogP contribution is 2.29. The standard InChI is InChI=1S/C10H12BrNO2/c1-7-4-5-9(14-3)8(6-7)12(2)10(11)13/h4-6H,1-3H3. The highest BCUT2D eigenvalue weighted by atomic mass is 79.9. The maximum atomic E-state index is 11.1. The molecular weight excluding hydrogens is 246 g/mol. The van der Waals surface area contributed by atoms with Gasteiger partial charge in [0.25, 0.3) is 4.82 Å². The van der Waals surface area contributed by atoms with E-state index in [1.54, 1.807) is 14.2 Å². The van der Waals surface area contributed by atoms with Gasteiger partial charge in [-0.15, -0.1) is 0 Å². The number of rotatable bonds is 2. The van der Waals surface area contributed by atoms with E-state index in [0.717, 1.165) is 11.3 Å². The van der Waals surface area contributed by atoms with E-state index in [1.165, 1.54) is 4.90 Å². The largest absolute Gasteiger partial charge is 0.495 e. The van der Waals surface area contributed by atoms with Gasteiger partial charge in [0.05, 0.1) is 12.8 Å². The minimum Gasteiger partial charge on any atom is -0.495 e. The molecule has 0 radical (unpaired) electrons. The average Bonchev–Trinajstić information content (AvgIpc) is 2.16. The van der Waals surface area contributed by atoms with Gasteiger partial charge in [-0.1, -0.05) is 6.07 Å². The van der Waals surface area contributed by atoms with Crippen molar-refractivity contribution in [3.8, 4) is 5.75 Å². The molecule has 0 saturated heterocycles. The Morgan fingerprint density at radius 2 is 2.14 bits per heavy atom. The van der Waals surface area contributed by atoms with Crippen LogP contribution in [0.3, 0.4) is 0 Å². The number of carbonyl (C=O) groups is 1. The van der Waals surface area contributed by atoms with Crippen molar-refractivity contribution >= 4 is 26.4 Å². The fourth-order valence-corrected chi connectivity index (χ4v) is 1.35. The van der Waals surface area contributed by atoms with E-state index in [0.29, 0.717) is 5.75 Å². The zero-order chi connectivity index (χ0) is 10.7. The van der Waals surface area contributed by atoms with Crippen LogP contribution in [0.15, 0.2) is 18.2 Å². The molecule has 0 atom stereocenters. The number of benzene rings is 1. The van der Waals surface area contributed by atoms with Crippen LogP contribution in [0.1, 0.15) is 5.56 Å². The molecule has 0 aliphatic heterocycles. The molecule has 14 heavy (non-hydrogen) atoms. The number of hydrogen-bond acceptors (Lipinski definition) is 2. The molecule has 0 aliphatic rings. The van der Waals surface area contributed by atoms with E-state index in [1.807, 2.05) is 25.1 Å². The fraction of sp³-hybridized carbons (Fsp3) is 0.300. The molecule has 3 nitrogen and oxygen atoms in total. The lowest BCUT2D eigenvalue weighted by atomic mass is 10.2. The number of hydrogen-bond donors (Lipinski definition) is 0. The lowest BCUT2D eigenvalue weighted by Gasteiger charge is -2.17. The SMILES string of the molecule is COc1ccc(C)cc1N(C)C(=O)Br. The summed E-state index contributed by atoms with van der Waals surface area (Å²) >= 11 is 2.90. The lowest BCUT2D eigenvalue weighted by molar-refractivity contribution is 0.266. The Morgan fingerprint density at radius 3 is 2.64 bits per heavy atom. The van der Waals surface area contributed by atoms with Crippen molar-refractivity contribution in [2.45, 2.75) is 6.92 Å². The summed E-state index contributed by atoms with van der Waals surface area (Å²) < 4.78 is 5.16. The molecule has 0 saturated carbocycles. The number of anilines is 1. The predicted octanol–water partition coefficient (Wildman–Crippen LogP) is 2.95. The van der Waals surface area contributed by atoms with Gasteiger partial charge in [-0.05, 0) is 24.6 Å². The van der Waals surface area contributed by atoms with Gasteiger partial charge in [0.15, 0.2) is 0 Å². The van der Waals surface area contributed by atoms with Crippen LogP contribution in [0.25, 0.3) is 0 Å². The smallest absolute Gasteiger partial charge is 0.293 e. The third-order valence-corrected chi connectivity index (χ3v) is 2.49. The molecular formula is C10H12BrNO2. The van der Waals surface area contributed by atoms with E-state index in [4.69, 9.17) is 4.74 Å². The van der Waals surface area contributed by atoms with Crippen LogP contribution in [-0.4, -0.2) is 19.0 Å². The van der Waals surface area contributed by atoms with Crippen LogP contribution < -0.4 is 9.64 Å². The van der Waals surface area contributed by atoms with Gasteiger partial charge < -0.3 is 9.64 Å². The molecule has 0 spiro atoms. The third-order valence-electron chi connectivity index (χ3n) is 1.96. The summed E-state index contributed by atoms with van der Waals surface area (Å²) in [5.74, 6) is 0.686. The Hall–Kier alpha value is -1.03. The predicted molar refractivity (Wildman–Crippen MR) is 60.5 cm³/mol. The second kappa shape index (κ2) is 4.46. The Bertz CT molecular complexity index is 352. The number of aryl methyl sites for hydroxylation is 1. The van der Waals surface area contributed by atoms with E-state index >= 15 is 0 Å². The van der Waals surface area contributed by atoms with Crippen molar-refractivity contribution in [1.82, 2.24) is 0 Å². The third kappa shape index (κ3) is 2.26. The zero-order valence-electron chi connectivity index (χ0n) is 8.37. The average molecular weight is 258 g/mol. The number of carbonyl (C=O) groups excluding carboxylic acids is 1. The van der Waals surface area contributed by atoms with Crippen molar-refractivity contribution < 1.29 is 9.53 Å². The summed E-state index contributed by atoms with van der Waals surface area (Å²) in [6.07, 6.45) is 0. The molecule has 1 aromatic carbocycles. The molecule has 4 heteroatoms. The van der Waals surface area contributed by atoms with Crippen LogP contribution in [-0.2, 0) is 0 Å². The Balaban J connectivity index is 3.16. The summed E-state index contributed by atoms with van der Waals surface area (Å²) in [6.45, 7) is 1.97. The highest BCUT2D eigenvalue weighted by Gasteiger charge is 2.12. The van der Waals surface area contributed by atoms with Gasteiger partial charge in [-0.2, -0.15) is 0 Å². The minimum atomic E-state index is -0.193. The summed E-state index contributed by atoms with van der Waals surface area (Å²) in [6, 6.07) is 5.68. The van der Waals surface area contributed by atoms with Crippen LogP contribution in [0.4, 0.5) is 10.5 Å². The first-order chi connectivity index (χ1) is 6.56. The van der Waals surface area contributed by atoms with Gasteiger partial charge in [-0.25, -0.2) is 0 Å². The topological polar surface area (TPSA) is 29.5 Å². The molecule has 76 valence electrons. The van der Waals surface area contributed by atoms with Crippen molar-refractivity contribution in [2.24, 2.45) is 0 Å². The molecule has 0 N–H and O–H groups in total. The monoisotopic (exact) mass is 257 g/mol. The fourth-order valence-electron chi connectivity index (χ4n) is 1.16. The second-order valence-corrected chi connectivity index (χ2v) is 3.67. The Morgan fingerprint density at radius 1 is 1.50 bits per heavy atom. The first-order valence-electron chi connectivity index (χ1n) is 4.14. The Labute approximate surface area is 91.8 Å². The molecule has 0 heterocycles. The number of halogens is 1. The summed E-state index contributed by atoms with van der Waals surface area (Å²) in [5, 5.41) is 0. The number of ether oxygens (including phenoxy) is 1. The zero-order valence-corrected chi connectivity index (χ0v) is 9.96. The maximum Gasteiger partial charge on any atom is 0.293 e. The van der Waals surface area contributed by atoms with Crippen LogP contribution in [0.2, 0.25) is 0 Å². The molecule has 1 aromatic rings. The van der Waals surface area contributed by atoms with E-state index in [9.17, 15) is 4.79 Å². The molecule has 0 unspecified atom stereocenters. The molecule has 0 bridgehead atoms. The maximum absolute atomic E-state index is 11.1. The summed E-state index contributed by atoms with van der Waals surface area (Å²) in [4.78, 5) is 12.4. The van der Waals surface area contributed by atoms with Crippen molar-refractivity contribution in [2.75, 3.05) is 19.1 Å². The first kappa shape index (κ1) is 11.0. The van der Waals surface area contributed by atoms with Crippen molar-refractivity contribution in [3.63, 3.8) is 0 Å². The molecule has 0 aliphatic carbocycles. The van der Waals surface area contributed by atoms with Crippen molar-refractivity contribution in [3.05, 3.63) is 23.8 Å². The first-order valence-corrected chi connectivity index (χ1v) is 4.93. The summed E-state index contributed by atoms with van der Waals surface area (Å²) in [5.41, 5.74) is 1.84. The van der Waals surface area contributed by atoms with Gasteiger partial charge in [0, 0.05) is 23.0 Å². The minimum absolute atomic E-state index is 0.193. The van der Waals surface area contributed by atoms with Crippen LogP contribution >= 0.6 is 15.9 Å². The second-order valence-electron chi connectivity index (χ2n) is 2.99. The van der Waals surface area contributed by atoms with E-state index < -0.39 is 0 Å². The quantitative estimate of drug-likeness (QED) is 0.603. The van der Waals surface area contributed by atoms with Crippen LogP contribution in [0, 0.1) is 6.92 Å². The lowest BCUT2D eigenvalue weighted by Crippen LogP contribution is -2.19. The molecule has 1 rings (SSSR count). The highest BCUT2D eigenvalue weighted by molar-refractivity contribution is 9.18. The molecule has 1 amide bonds. The molecule has 0 fully saturated rings. The van der Waals surface area contributed by atoms with E-state index in [-0.39, 0.29) is 4.82 Å². The number of nitrogens with zero attached hydrogens (tertiary/aromatic N) is 1. The van der Waals surface area contributed by atoms with Crippen LogP contribution in [0.5, 0.6) is 5.75 Å². The van der Waals surface area contributed by atoms with Crippen molar-refractivity contribution in [1.29, 1.82) is 0 Å². The number of methoxy groups -OCH3 is 1. The van der Waals surface area contributed by atoms with Gasteiger partial charge in [0.1, 0.15) is 5.75 Å². The van der Waals surface area contributed by atoms with Gasteiger partial charge >= 0.3 is 0 Å². The van der Waals surface area contributed by atoms with Gasteiger partial charge in [-0.3, -0.25) is 4.79 Å². The summed E-state index contributed by atoms with van der Waals surface area (Å²) in [7, 11) is 3.27. The van der Waals surface area contributed by atoms with E-state index in [2.05, 4.69) is 15.9 Å². The molecule has 0 aromatic heterocycles. The Kier molecular flexibility index (Phi) is 3.52. The normalized spacial score (nSPS) is 9.71. The number of amides is 1.